The number of amides is 1. The molecule has 0 saturated carbocycles. The molecule has 5 nitrogen and oxygen atoms in total. The first-order valence-electron chi connectivity index (χ1n) is 6.44. The zero-order chi connectivity index (χ0) is 15.6. The Morgan fingerprint density at radius 3 is 2.52 bits per heavy atom. The standard InChI is InChI=1S/C14H15F2NO4/c1-21-7-8-2-3-17(6-8)13(18)9-4-11(15)12(16)5-10(9)14(19)20/h4-5,8H,2-3,6-7H2,1H3,(H,19,20). The van der Waals surface area contributed by atoms with E-state index in [0.717, 1.165) is 6.42 Å². The molecule has 1 saturated heterocycles. The van der Waals surface area contributed by atoms with Gasteiger partial charge >= 0.3 is 5.97 Å². The molecule has 0 bridgehead atoms. The first-order valence-corrected chi connectivity index (χ1v) is 6.44. The number of carboxylic acids is 1. The summed E-state index contributed by atoms with van der Waals surface area (Å²) in [5.74, 6) is -4.44. The summed E-state index contributed by atoms with van der Waals surface area (Å²) >= 11 is 0. The highest BCUT2D eigenvalue weighted by Gasteiger charge is 2.30. The van der Waals surface area contributed by atoms with Gasteiger partial charge in [-0.25, -0.2) is 13.6 Å². The average molecular weight is 299 g/mol. The van der Waals surface area contributed by atoms with Crippen LogP contribution in [0.15, 0.2) is 12.1 Å². The molecular formula is C14H15F2NO4. The van der Waals surface area contributed by atoms with Crippen LogP contribution in [0.5, 0.6) is 0 Å². The van der Waals surface area contributed by atoms with E-state index >= 15 is 0 Å². The van der Waals surface area contributed by atoms with Crippen LogP contribution in [0.1, 0.15) is 27.1 Å². The van der Waals surface area contributed by atoms with E-state index in [0.29, 0.717) is 31.8 Å². The van der Waals surface area contributed by atoms with Crippen molar-refractivity contribution in [3.05, 3.63) is 34.9 Å². The highest BCUT2D eigenvalue weighted by atomic mass is 19.2. The van der Waals surface area contributed by atoms with Crippen LogP contribution in [0.2, 0.25) is 0 Å². The molecular weight excluding hydrogens is 284 g/mol. The lowest BCUT2D eigenvalue weighted by molar-refractivity contribution is 0.0678. The monoisotopic (exact) mass is 299 g/mol. The molecule has 0 radical (unpaired) electrons. The number of carbonyl (C=O) groups excluding carboxylic acids is 1. The first-order chi connectivity index (χ1) is 9.93. The fourth-order valence-corrected chi connectivity index (χ4v) is 2.46. The molecule has 1 aliphatic heterocycles. The van der Waals surface area contributed by atoms with Gasteiger partial charge in [0.05, 0.1) is 17.7 Å². The van der Waals surface area contributed by atoms with Crippen LogP contribution in [0.25, 0.3) is 0 Å². The van der Waals surface area contributed by atoms with Gasteiger partial charge in [0.15, 0.2) is 11.6 Å². The summed E-state index contributed by atoms with van der Waals surface area (Å²) in [6.45, 7) is 1.34. The van der Waals surface area contributed by atoms with Gasteiger partial charge in [-0.2, -0.15) is 0 Å². The van der Waals surface area contributed by atoms with E-state index < -0.39 is 29.1 Å². The fourth-order valence-electron chi connectivity index (χ4n) is 2.46. The molecule has 0 aromatic heterocycles. The van der Waals surface area contributed by atoms with Gasteiger partial charge in [-0.3, -0.25) is 4.79 Å². The first kappa shape index (κ1) is 15.4. The van der Waals surface area contributed by atoms with Crippen molar-refractivity contribution >= 4 is 11.9 Å². The van der Waals surface area contributed by atoms with Gasteiger partial charge in [-0.1, -0.05) is 0 Å². The van der Waals surface area contributed by atoms with E-state index in [4.69, 9.17) is 9.84 Å². The van der Waals surface area contributed by atoms with Gasteiger partial charge in [0.1, 0.15) is 0 Å². The van der Waals surface area contributed by atoms with Crippen molar-refractivity contribution < 1.29 is 28.2 Å². The van der Waals surface area contributed by atoms with E-state index in [1.165, 1.54) is 4.90 Å². The third-order valence-electron chi connectivity index (χ3n) is 3.50. The Morgan fingerprint density at radius 2 is 1.95 bits per heavy atom. The van der Waals surface area contributed by atoms with E-state index in [1.807, 2.05) is 0 Å². The smallest absolute Gasteiger partial charge is 0.336 e. The van der Waals surface area contributed by atoms with Crippen molar-refractivity contribution in [1.82, 2.24) is 4.90 Å². The van der Waals surface area contributed by atoms with Crippen LogP contribution in [0.3, 0.4) is 0 Å². The SMILES string of the molecule is COCC1CCN(C(=O)c2cc(F)c(F)cc2C(=O)O)C1. The fraction of sp³-hybridized carbons (Fsp3) is 0.429. The molecule has 7 heteroatoms. The highest BCUT2D eigenvalue weighted by molar-refractivity contribution is 6.04. The largest absolute Gasteiger partial charge is 0.478 e. The Morgan fingerprint density at radius 1 is 1.33 bits per heavy atom. The zero-order valence-corrected chi connectivity index (χ0v) is 11.4. The molecule has 0 aliphatic carbocycles. The van der Waals surface area contributed by atoms with Gasteiger partial charge in [0, 0.05) is 26.1 Å². The molecule has 1 aliphatic rings. The minimum absolute atomic E-state index is 0.164. The van der Waals surface area contributed by atoms with E-state index in [9.17, 15) is 18.4 Å². The van der Waals surface area contributed by atoms with Gasteiger partial charge in [0.25, 0.3) is 5.91 Å². The number of methoxy groups -OCH3 is 1. The lowest BCUT2D eigenvalue weighted by Gasteiger charge is -2.18. The molecule has 2 rings (SSSR count). The minimum Gasteiger partial charge on any atom is -0.478 e. The van der Waals surface area contributed by atoms with Crippen molar-refractivity contribution in [1.29, 1.82) is 0 Å². The lowest BCUT2D eigenvalue weighted by Crippen LogP contribution is -2.30. The second kappa shape index (κ2) is 6.17. The van der Waals surface area contributed by atoms with Crippen LogP contribution in [-0.4, -0.2) is 48.7 Å². The maximum Gasteiger partial charge on any atom is 0.336 e. The lowest BCUT2D eigenvalue weighted by atomic mass is 10.1. The number of rotatable bonds is 4. The number of likely N-dealkylation sites (tertiary alicyclic amines) is 1. The van der Waals surface area contributed by atoms with Crippen molar-refractivity contribution in [2.24, 2.45) is 5.92 Å². The van der Waals surface area contributed by atoms with Gasteiger partial charge in [-0.05, 0) is 18.6 Å². The summed E-state index contributed by atoms with van der Waals surface area (Å²) in [5.41, 5.74) is -0.867. The van der Waals surface area contributed by atoms with E-state index in [-0.39, 0.29) is 11.5 Å². The number of hydrogen-bond donors (Lipinski definition) is 1. The predicted molar refractivity (Wildman–Crippen MR) is 69.2 cm³/mol. The molecule has 1 unspecified atom stereocenters. The van der Waals surface area contributed by atoms with Crippen LogP contribution in [0, 0.1) is 17.6 Å². The molecule has 1 aromatic rings. The van der Waals surface area contributed by atoms with Crippen molar-refractivity contribution in [3.63, 3.8) is 0 Å². The Kier molecular flexibility index (Phi) is 4.52. The number of ether oxygens (including phenoxy) is 1. The van der Waals surface area contributed by atoms with Gasteiger partial charge in [0.2, 0.25) is 0 Å². The summed E-state index contributed by atoms with van der Waals surface area (Å²) in [5, 5.41) is 9.03. The van der Waals surface area contributed by atoms with Crippen molar-refractivity contribution in [2.75, 3.05) is 26.8 Å². The second-order valence-corrected chi connectivity index (χ2v) is 4.98. The third kappa shape index (κ3) is 3.18. The molecule has 114 valence electrons. The normalized spacial score (nSPS) is 18.0. The Balaban J connectivity index is 2.27. The number of benzene rings is 1. The number of halogens is 2. The van der Waals surface area contributed by atoms with Crippen LogP contribution in [0.4, 0.5) is 8.78 Å². The molecule has 1 aromatic carbocycles. The summed E-state index contributed by atoms with van der Waals surface area (Å²) in [7, 11) is 1.56. The molecule has 1 heterocycles. The molecule has 1 atom stereocenters. The summed E-state index contributed by atoms with van der Waals surface area (Å²) in [4.78, 5) is 24.8. The molecule has 0 spiro atoms. The summed E-state index contributed by atoms with van der Waals surface area (Å²) < 4.78 is 31.5. The summed E-state index contributed by atoms with van der Waals surface area (Å²) in [6, 6.07) is 1.18. The molecule has 1 N–H and O–H groups in total. The van der Waals surface area contributed by atoms with Gasteiger partial charge < -0.3 is 14.7 Å². The molecule has 21 heavy (non-hydrogen) atoms. The van der Waals surface area contributed by atoms with Crippen LogP contribution in [-0.2, 0) is 4.74 Å². The Hall–Kier alpha value is -2.02. The third-order valence-corrected chi connectivity index (χ3v) is 3.50. The van der Waals surface area contributed by atoms with E-state index in [1.54, 1.807) is 7.11 Å². The topological polar surface area (TPSA) is 66.8 Å². The maximum atomic E-state index is 13.3. The zero-order valence-electron chi connectivity index (χ0n) is 11.4. The summed E-state index contributed by atoms with van der Waals surface area (Å²) in [6.07, 6.45) is 0.728. The number of nitrogens with zero attached hydrogens (tertiary/aromatic N) is 1. The Labute approximate surface area is 120 Å². The Bertz CT molecular complexity index is 576. The quantitative estimate of drug-likeness (QED) is 0.920. The molecule has 1 amide bonds. The van der Waals surface area contributed by atoms with Crippen LogP contribution < -0.4 is 0 Å². The van der Waals surface area contributed by atoms with Crippen molar-refractivity contribution in [3.8, 4) is 0 Å². The van der Waals surface area contributed by atoms with Crippen molar-refractivity contribution in [2.45, 2.75) is 6.42 Å². The predicted octanol–water partition coefficient (Wildman–Crippen LogP) is 1.77. The number of hydrogen-bond acceptors (Lipinski definition) is 3. The average Bonchev–Trinajstić information content (AvgIpc) is 2.89. The maximum absolute atomic E-state index is 13.3. The number of carboxylic acid groups (broad SMARTS) is 1. The second-order valence-electron chi connectivity index (χ2n) is 4.98. The minimum atomic E-state index is -1.47. The van der Waals surface area contributed by atoms with E-state index in [2.05, 4.69) is 0 Å². The number of aromatic carboxylic acids is 1. The highest BCUT2D eigenvalue weighted by Crippen LogP contribution is 2.22. The van der Waals surface area contributed by atoms with Crippen LogP contribution >= 0.6 is 0 Å². The molecule has 1 fully saturated rings. The number of carbonyl (C=O) groups is 2. The van der Waals surface area contributed by atoms with Gasteiger partial charge in [-0.15, -0.1) is 0 Å².